The van der Waals surface area contributed by atoms with Crippen LogP contribution in [0, 0.1) is 0 Å². The van der Waals surface area contributed by atoms with E-state index in [1.165, 1.54) is 10.4 Å². The first-order chi connectivity index (χ1) is 16.2. The number of likely N-dealkylation sites (tertiary alicyclic amines) is 1. The van der Waals surface area contributed by atoms with E-state index in [1.807, 2.05) is 24.3 Å². The monoisotopic (exact) mass is 451 g/mol. The number of esters is 1. The second-order valence-electron chi connectivity index (χ2n) is 8.89. The zero-order chi connectivity index (χ0) is 22.3. The van der Waals surface area contributed by atoms with Gasteiger partial charge in [0.05, 0.1) is 5.56 Å². The lowest BCUT2D eigenvalue weighted by Crippen LogP contribution is -2.42. The Morgan fingerprint density at radius 3 is 1.91 bits per heavy atom. The molecule has 1 fully saturated rings. The predicted molar refractivity (Wildman–Crippen MR) is 133 cm³/mol. The molecule has 1 aromatic heterocycles. The maximum Gasteiger partial charge on any atom is 0.340 e. The van der Waals surface area contributed by atoms with E-state index in [0.29, 0.717) is 0 Å². The van der Waals surface area contributed by atoms with Crippen molar-refractivity contribution in [3.05, 3.63) is 108 Å². The highest BCUT2D eigenvalue weighted by Gasteiger charge is 2.51. The van der Waals surface area contributed by atoms with Crippen molar-refractivity contribution in [1.29, 1.82) is 0 Å². The van der Waals surface area contributed by atoms with Crippen LogP contribution < -0.4 is 0 Å². The number of fused-ring (bicyclic) bond motifs is 2. The van der Waals surface area contributed by atoms with E-state index in [4.69, 9.17) is 4.74 Å². The Morgan fingerprint density at radius 2 is 1.30 bits per heavy atom. The van der Waals surface area contributed by atoms with Crippen LogP contribution >= 0.6 is 11.3 Å². The average molecular weight is 452 g/mol. The van der Waals surface area contributed by atoms with Crippen molar-refractivity contribution in [2.45, 2.75) is 25.0 Å². The normalized spacial score (nSPS) is 17.2. The van der Waals surface area contributed by atoms with E-state index < -0.39 is 5.60 Å². The number of carbonyl (C=O) groups excluding carboxylic acids is 1. The van der Waals surface area contributed by atoms with Crippen LogP contribution in [0.15, 0.2) is 91.0 Å². The third kappa shape index (κ3) is 3.60. The van der Waals surface area contributed by atoms with Crippen molar-refractivity contribution in [2.75, 3.05) is 13.1 Å². The Balaban J connectivity index is 1.40. The highest BCUT2D eigenvalue weighted by atomic mass is 32.1. The van der Waals surface area contributed by atoms with Gasteiger partial charge in [0.25, 0.3) is 0 Å². The molecule has 4 heteroatoms. The van der Waals surface area contributed by atoms with Gasteiger partial charge in [-0.3, -0.25) is 4.90 Å². The molecule has 0 radical (unpaired) electrons. The minimum Gasteiger partial charge on any atom is -0.450 e. The van der Waals surface area contributed by atoms with Crippen LogP contribution in [-0.4, -0.2) is 24.0 Å². The fraction of sp³-hybridized carbons (Fsp3) is 0.207. The zero-order valence-corrected chi connectivity index (χ0v) is 19.2. The van der Waals surface area contributed by atoms with E-state index in [0.717, 1.165) is 59.6 Å². The summed E-state index contributed by atoms with van der Waals surface area (Å²) in [4.78, 5) is 18.0. The number of rotatable bonds is 4. The predicted octanol–water partition coefficient (Wildman–Crippen LogP) is 6.74. The highest BCUT2D eigenvalue weighted by molar-refractivity contribution is 7.19. The molecule has 0 saturated carbocycles. The number of hydrogen-bond donors (Lipinski definition) is 0. The summed E-state index contributed by atoms with van der Waals surface area (Å²) in [5.74, 6) is -0.168. The molecule has 1 spiro atoms. The molecule has 2 aliphatic heterocycles. The van der Waals surface area contributed by atoms with Crippen LogP contribution in [0.5, 0.6) is 0 Å². The third-order valence-corrected chi connectivity index (χ3v) is 8.13. The largest absolute Gasteiger partial charge is 0.450 e. The molecule has 3 nitrogen and oxygen atoms in total. The molecule has 0 atom stereocenters. The molecule has 0 amide bonds. The van der Waals surface area contributed by atoms with Gasteiger partial charge in [-0.05, 0) is 16.7 Å². The summed E-state index contributed by atoms with van der Waals surface area (Å²) in [5, 5.41) is 0. The molecule has 0 aliphatic carbocycles. The minimum atomic E-state index is -0.533. The summed E-state index contributed by atoms with van der Waals surface area (Å²) in [5.41, 5.74) is 4.92. The average Bonchev–Trinajstić information content (AvgIpc) is 3.40. The molecule has 4 aromatic rings. The Bertz CT molecular complexity index is 1270. The number of hydrogen-bond acceptors (Lipinski definition) is 4. The molecule has 0 N–H and O–H groups in total. The van der Waals surface area contributed by atoms with E-state index in [9.17, 15) is 4.79 Å². The number of carbonyl (C=O) groups is 1. The van der Waals surface area contributed by atoms with Gasteiger partial charge < -0.3 is 4.74 Å². The summed E-state index contributed by atoms with van der Waals surface area (Å²) >= 11 is 1.73. The van der Waals surface area contributed by atoms with Crippen LogP contribution in [0.2, 0.25) is 0 Å². The molecule has 33 heavy (non-hydrogen) atoms. The second kappa shape index (κ2) is 8.29. The molecule has 6 rings (SSSR count). The number of ether oxygens (including phenoxy) is 1. The minimum absolute atomic E-state index is 0.168. The Labute approximate surface area is 198 Å². The van der Waals surface area contributed by atoms with Gasteiger partial charge in [0.15, 0.2) is 0 Å². The topological polar surface area (TPSA) is 29.5 Å². The van der Waals surface area contributed by atoms with Gasteiger partial charge in [-0.1, -0.05) is 91.0 Å². The molecule has 0 unspecified atom stereocenters. The van der Waals surface area contributed by atoms with Crippen molar-refractivity contribution in [3.63, 3.8) is 0 Å². The Kier molecular flexibility index (Phi) is 5.12. The fourth-order valence-electron chi connectivity index (χ4n) is 5.19. The Morgan fingerprint density at radius 1 is 0.758 bits per heavy atom. The molecule has 1 saturated heterocycles. The van der Waals surface area contributed by atoms with Gasteiger partial charge in [-0.15, -0.1) is 11.3 Å². The molecule has 3 aromatic carbocycles. The van der Waals surface area contributed by atoms with Gasteiger partial charge in [0.2, 0.25) is 0 Å². The lowest BCUT2D eigenvalue weighted by Gasteiger charge is -2.39. The molecule has 164 valence electrons. The summed E-state index contributed by atoms with van der Waals surface area (Å²) in [6.45, 7) is 2.75. The summed E-state index contributed by atoms with van der Waals surface area (Å²) in [6.07, 6.45) is 1.65. The van der Waals surface area contributed by atoms with Gasteiger partial charge in [0.1, 0.15) is 5.60 Å². The lowest BCUT2D eigenvalue weighted by molar-refractivity contribution is -0.0437. The zero-order valence-electron chi connectivity index (χ0n) is 18.4. The van der Waals surface area contributed by atoms with Crippen molar-refractivity contribution >= 4 is 17.3 Å². The number of nitrogens with zero attached hydrogens (tertiary/aromatic N) is 1. The smallest absolute Gasteiger partial charge is 0.340 e. The first kappa shape index (κ1) is 20.4. The van der Waals surface area contributed by atoms with Crippen LogP contribution in [0.1, 0.15) is 34.3 Å². The number of benzene rings is 3. The number of thiophene rings is 1. The molecular weight excluding hydrogens is 426 g/mol. The quantitative estimate of drug-likeness (QED) is 0.322. The highest BCUT2D eigenvalue weighted by Crippen LogP contribution is 2.55. The van der Waals surface area contributed by atoms with Crippen molar-refractivity contribution in [3.8, 4) is 20.9 Å². The van der Waals surface area contributed by atoms with E-state index in [2.05, 4.69) is 71.6 Å². The van der Waals surface area contributed by atoms with E-state index in [-0.39, 0.29) is 5.97 Å². The van der Waals surface area contributed by atoms with Crippen molar-refractivity contribution < 1.29 is 9.53 Å². The number of piperidine rings is 1. The Hall–Kier alpha value is -3.21. The fourth-order valence-corrected chi connectivity index (χ4v) is 6.58. The standard InChI is InChI=1S/C29H25NO2S/c31-28-24-25(29(32-28)16-18-30(19-17-29)20-21-10-4-1-5-11-21)27(23-14-8-3-9-15-23)33-26(24)22-12-6-2-7-13-22/h1-15H,16-20H2. The van der Waals surface area contributed by atoms with Crippen LogP contribution in [0.25, 0.3) is 20.9 Å². The first-order valence-electron chi connectivity index (χ1n) is 11.5. The first-order valence-corrected chi connectivity index (χ1v) is 12.3. The lowest BCUT2D eigenvalue weighted by atomic mass is 9.82. The van der Waals surface area contributed by atoms with Crippen molar-refractivity contribution in [2.24, 2.45) is 0 Å². The van der Waals surface area contributed by atoms with E-state index >= 15 is 0 Å². The molecular formula is C29H25NO2S. The van der Waals surface area contributed by atoms with Crippen LogP contribution in [-0.2, 0) is 16.9 Å². The molecule has 3 heterocycles. The van der Waals surface area contributed by atoms with Gasteiger partial charge in [0, 0.05) is 47.8 Å². The van der Waals surface area contributed by atoms with Crippen LogP contribution in [0.4, 0.5) is 0 Å². The molecule has 0 bridgehead atoms. The summed E-state index contributed by atoms with van der Waals surface area (Å²) in [7, 11) is 0. The van der Waals surface area contributed by atoms with Gasteiger partial charge >= 0.3 is 5.97 Å². The second-order valence-corrected chi connectivity index (χ2v) is 9.91. The summed E-state index contributed by atoms with van der Waals surface area (Å²) in [6, 6.07) is 31.3. The van der Waals surface area contributed by atoms with Crippen molar-refractivity contribution in [1.82, 2.24) is 4.90 Å². The van der Waals surface area contributed by atoms with Gasteiger partial charge in [-0.2, -0.15) is 0 Å². The summed E-state index contributed by atoms with van der Waals surface area (Å²) < 4.78 is 6.26. The van der Waals surface area contributed by atoms with Crippen LogP contribution in [0.3, 0.4) is 0 Å². The molecule has 2 aliphatic rings. The third-order valence-electron chi connectivity index (χ3n) is 6.84. The SMILES string of the molecule is O=C1OC2(CCN(Cc3ccccc3)CC2)c2c(-c3ccccc3)sc(-c3ccccc3)c21. The van der Waals surface area contributed by atoms with E-state index in [1.54, 1.807) is 11.3 Å². The maximum atomic E-state index is 13.3. The van der Waals surface area contributed by atoms with Gasteiger partial charge in [-0.25, -0.2) is 4.79 Å². The maximum absolute atomic E-state index is 13.3.